The van der Waals surface area contributed by atoms with Crippen LogP contribution < -0.4 is 0 Å². The monoisotopic (exact) mass is 332 g/mol. The summed E-state index contributed by atoms with van der Waals surface area (Å²) in [5.74, 6) is -1.34. The molecule has 0 atom stereocenters. The summed E-state index contributed by atoms with van der Waals surface area (Å²) in [6.07, 6.45) is -6.05. The number of aldehydes is 1. The minimum Gasteiger partial charge on any atom is -0.465 e. The molecule has 23 heavy (non-hydrogen) atoms. The summed E-state index contributed by atoms with van der Waals surface area (Å²) in [7, 11) is 0. The van der Waals surface area contributed by atoms with Crippen molar-refractivity contribution in [1.29, 1.82) is 5.41 Å². The molecule has 0 saturated heterocycles. The normalized spacial score (nSPS) is 11.4. The maximum absolute atomic E-state index is 12.9. The number of carbonyl (C=O) groups is 2. The van der Waals surface area contributed by atoms with E-state index in [0.29, 0.717) is 17.3 Å². The Morgan fingerprint density at radius 2 is 2.04 bits per heavy atom. The van der Waals surface area contributed by atoms with Gasteiger partial charge in [-0.3, -0.25) is 10.3 Å². The number of carboxylic acid groups (broad SMARTS) is 1. The first-order valence-electron chi connectivity index (χ1n) is 6.57. The minimum atomic E-state index is -4.75. The molecule has 0 radical (unpaired) electrons. The van der Waals surface area contributed by atoms with Crippen molar-refractivity contribution in [2.45, 2.75) is 32.4 Å². The molecule has 0 unspecified atom stereocenters. The van der Waals surface area contributed by atoms with Gasteiger partial charge in [0.05, 0.1) is 0 Å². The van der Waals surface area contributed by atoms with E-state index in [1.54, 1.807) is 13.8 Å². The van der Waals surface area contributed by atoms with Crippen LogP contribution in [-0.4, -0.2) is 44.7 Å². The van der Waals surface area contributed by atoms with Gasteiger partial charge in [-0.1, -0.05) is 13.8 Å². The zero-order chi connectivity index (χ0) is 17.8. The fourth-order valence-corrected chi connectivity index (χ4v) is 1.61. The summed E-state index contributed by atoms with van der Waals surface area (Å²) in [4.78, 5) is 29.2. The molecule has 0 bridgehead atoms. The second-order valence-corrected chi connectivity index (χ2v) is 4.89. The van der Waals surface area contributed by atoms with Gasteiger partial charge < -0.3 is 9.90 Å². The van der Waals surface area contributed by atoms with Crippen molar-refractivity contribution < 1.29 is 27.9 Å². The number of nitrogens with zero attached hydrogens (tertiary/aromatic N) is 3. The Morgan fingerprint density at radius 1 is 1.43 bits per heavy atom. The van der Waals surface area contributed by atoms with E-state index in [2.05, 4.69) is 9.97 Å². The van der Waals surface area contributed by atoms with E-state index in [0.717, 1.165) is 0 Å². The van der Waals surface area contributed by atoms with Crippen molar-refractivity contribution in [3.63, 3.8) is 0 Å². The lowest BCUT2D eigenvalue weighted by Gasteiger charge is -2.20. The van der Waals surface area contributed by atoms with E-state index >= 15 is 0 Å². The lowest BCUT2D eigenvalue weighted by molar-refractivity contribution is -0.141. The zero-order valence-electron chi connectivity index (χ0n) is 12.4. The standard InChI is InChI=1S/C13H15F3N4O3/c1-7(2)11-18-8(6-9(19-11)13(14,15)16)10(17)20(12(22)23)4-3-5-21/h5-7,17H,3-4H2,1-2H3,(H,22,23). The van der Waals surface area contributed by atoms with Gasteiger partial charge in [-0.25, -0.2) is 14.8 Å². The highest BCUT2D eigenvalue weighted by atomic mass is 19.4. The minimum absolute atomic E-state index is 0.152. The molecule has 10 heteroatoms. The molecule has 1 rings (SSSR count). The van der Waals surface area contributed by atoms with Crippen LogP contribution in [0.15, 0.2) is 6.07 Å². The first-order chi connectivity index (χ1) is 10.6. The number of alkyl halides is 3. The lowest BCUT2D eigenvalue weighted by atomic mass is 10.2. The van der Waals surface area contributed by atoms with Gasteiger partial charge in [0.15, 0.2) is 5.84 Å². The third-order valence-corrected chi connectivity index (χ3v) is 2.76. The highest BCUT2D eigenvalue weighted by molar-refractivity contribution is 6.03. The average Bonchev–Trinajstić information content (AvgIpc) is 2.45. The van der Waals surface area contributed by atoms with Crippen LogP contribution in [0.25, 0.3) is 0 Å². The van der Waals surface area contributed by atoms with Crippen LogP contribution in [0.1, 0.15) is 43.4 Å². The number of aromatic nitrogens is 2. The van der Waals surface area contributed by atoms with Crippen LogP contribution in [0.2, 0.25) is 0 Å². The van der Waals surface area contributed by atoms with Gasteiger partial charge >= 0.3 is 12.3 Å². The summed E-state index contributed by atoms with van der Waals surface area (Å²) in [6.45, 7) is 2.80. The molecule has 0 aliphatic rings. The molecule has 0 aliphatic heterocycles. The molecule has 126 valence electrons. The van der Waals surface area contributed by atoms with E-state index in [9.17, 15) is 22.8 Å². The number of halogens is 3. The van der Waals surface area contributed by atoms with Crippen molar-refractivity contribution in [2.24, 2.45) is 0 Å². The molecule has 0 aromatic carbocycles. The maximum Gasteiger partial charge on any atom is 0.433 e. The lowest BCUT2D eigenvalue weighted by Crippen LogP contribution is -2.37. The smallest absolute Gasteiger partial charge is 0.433 e. The first-order valence-corrected chi connectivity index (χ1v) is 6.57. The number of amides is 1. The number of nitrogens with one attached hydrogen (secondary N) is 1. The maximum atomic E-state index is 12.9. The molecule has 0 fully saturated rings. The molecule has 1 aromatic rings. The largest absolute Gasteiger partial charge is 0.465 e. The van der Waals surface area contributed by atoms with Crippen molar-refractivity contribution >= 4 is 18.2 Å². The van der Waals surface area contributed by atoms with Crippen LogP contribution in [0.4, 0.5) is 18.0 Å². The topological polar surface area (TPSA) is 107 Å². The molecular weight excluding hydrogens is 317 g/mol. The number of hydrogen-bond acceptors (Lipinski definition) is 5. The van der Waals surface area contributed by atoms with Crippen molar-refractivity contribution in [3.8, 4) is 0 Å². The van der Waals surface area contributed by atoms with Gasteiger partial charge in [0.2, 0.25) is 0 Å². The zero-order valence-corrected chi connectivity index (χ0v) is 12.4. The van der Waals surface area contributed by atoms with E-state index in [1.165, 1.54) is 0 Å². The van der Waals surface area contributed by atoms with Crippen LogP contribution in [0, 0.1) is 5.41 Å². The highest BCUT2D eigenvalue weighted by Gasteiger charge is 2.35. The molecule has 0 saturated carbocycles. The van der Waals surface area contributed by atoms with Crippen molar-refractivity contribution in [3.05, 3.63) is 23.3 Å². The van der Waals surface area contributed by atoms with E-state index in [4.69, 9.17) is 10.5 Å². The number of carbonyl (C=O) groups excluding carboxylic acids is 1. The summed E-state index contributed by atoms with van der Waals surface area (Å²) in [5.41, 5.74) is -1.72. The van der Waals surface area contributed by atoms with Gasteiger partial charge in [0, 0.05) is 18.9 Å². The Balaban J connectivity index is 3.33. The second kappa shape index (κ2) is 7.16. The summed E-state index contributed by atoms with van der Waals surface area (Å²) in [5, 5.41) is 16.8. The van der Waals surface area contributed by atoms with E-state index in [-0.39, 0.29) is 18.8 Å². The first kappa shape index (κ1) is 18.5. The highest BCUT2D eigenvalue weighted by Crippen LogP contribution is 2.29. The van der Waals surface area contributed by atoms with Gasteiger partial charge in [-0.05, 0) is 6.07 Å². The number of rotatable bonds is 5. The average molecular weight is 332 g/mol. The summed E-state index contributed by atoms with van der Waals surface area (Å²) in [6, 6.07) is 0.519. The fraction of sp³-hybridized carbons (Fsp3) is 0.462. The van der Waals surface area contributed by atoms with Crippen LogP contribution in [0.5, 0.6) is 0 Å². The molecular formula is C13H15F3N4O3. The van der Waals surface area contributed by atoms with Crippen LogP contribution in [0.3, 0.4) is 0 Å². The SMILES string of the molecule is CC(C)c1nc(C(=N)N(CCC=O)C(=O)O)cc(C(F)(F)F)n1. The molecule has 1 amide bonds. The van der Waals surface area contributed by atoms with Gasteiger partial charge in [0.1, 0.15) is 23.5 Å². The fourth-order valence-electron chi connectivity index (χ4n) is 1.61. The predicted molar refractivity (Wildman–Crippen MR) is 73.4 cm³/mol. The molecule has 1 heterocycles. The van der Waals surface area contributed by atoms with Gasteiger partial charge in [-0.15, -0.1) is 0 Å². The van der Waals surface area contributed by atoms with Crippen molar-refractivity contribution in [1.82, 2.24) is 14.9 Å². The molecule has 0 spiro atoms. The Morgan fingerprint density at radius 3 is 2.48 bits per heavy atom. The molecule has 7 nitrogen and oxygen atoms in total. The van der Waals surface area contributed by atoms with E-state index < -0.39 is 35.4 Å². The van der Waals surface area contributed by atoms with Crippen LogP contribution in [-0.2, 0) is 11.0 Å². The van der Waals surface area contributed by atoms with Crippen molar-refractivity contribution in [2.75, 3.05) is 6.54 Å². The Bertz CT molecular complexity index is 617. The third-order valence-electron chi connectivity index (χ3n) is 2.76. The van der Waals surface area contributed by atoms with Crippen LogP contribution >= 0.6 is 0 Å². The number of amidine groups is 1. The summed E-state index contributed by atoms with van der Waals surface area (Å²) < 4.78 is 38.7. The third kappa shape index (κ3) is 4.73. The van der Waals surface area contributed by atoms with Gasteiger partial charge in [-0.2, -0.15) is 13.2 Å². The molecule has 1 aromatic heterocycles. The second-order valence-electron chi connectivity index (χ2n) is 4.89. The number of hydrogen-bond donors (Lipinski definition) is 2. The Hall–Kier alpha value is -2.52. The Labute approximate surface area is 129 Å². The quantitative estimate of drug-likeness (QED) is 0.489. The van der Waals surface area contributed by atoms with Gasteiger partial charge in [0.25, 0.3) is 0 Å². The Kier molecular flexibility index (Phi) is 5.77. The molecule has 0 aliphatic carbocycles. The molecule has 2 N–H and O–H groups in total. The summed E-state index contributed by atoms with van der Waals surface area (Å²) >= 11 is 0. The predicted octanol–water partition coefficient (Wildman–Crippen LogP) is 2.51. The van der Waals surface area contributed by atoms with E-state index in [1.807, 2.05) is 0 Å².